The van der Waals surface area contributed by atoms with Gasteiger partial charge in [0.1, 0.15) is 0 Å². The van der Waals surface area contributed by atoms with Gasteiger partial charge in [-0.1, -0.05) is 43.5 Å². The molecule has 1 N–H and O–H groups in total. The molecule has 0 heterocycles. The molecule has 2 nitrogen and oxygen atoms in total. The third kappa shape index (κ3) is 5.37. The number of amides is 1. The van der Waals surface area contributed by atoms with Crippen LogP contribution in [-0.2, 0) is 10.5 Å². The quantitative estimate of drug-likeness (QED) is 0.880. The zero-order chi connectivity index (χ0) is 14.4. The van der Waals surface area contributed by atoms with E-state index in [4.69, 9.17) is 11.6 Å². The van der Waals surface area contributed by atoms with Gasteiger partial charge < -0.3 is 5.32 Å². The van der Waals surface area contributed by atoms with Crippen LogP contribution in [0.2, 0.25) is 5.02 Å². The van der Waals surface area contributed by atoms with Crippen molar-refractivity contribution < 1.29 is 4.79 Å². The molecule has 0 spiro atoms. The molecule has 1 aromatic carbocycles. The van der Waals surface area contributed by atoms with Gasteiger partial charge in [-0.05, 0) is 36.5 Å². The van der Waals surface area contributed by atoms with Crippen molar-refractivity contribution in [1.29, 1.82) is 0 Å². The first-order chi connectivity index (χ1) is 9.63. The fraction of sp³-hybridized carbons (Fsp3) is 0.562. The predicted octanol–water partition coefficient (Wildman–Crippen LogP) is 4.27. The highest BCUT2D eigenvalue weighted by Gasteiger charge is 2.20. The molecule has 1 amide bonds. The number of hydrogen-bond acceptors (Lipinski definition) is 2. The molecule has 2 atom stereocenters. The Kier molecular flexibility index (Phi) is 6.24. The summed E-state index contributed by atoms with van der Waals surface area (Å²) in [5, 5.41) is 3.92. The minimum absolute atomic E-state index is 0.170. The minimum atomic E-state index is 0.170. The Bertz CT molecular complexity index is 435. The Hall–Kier alpha value is -0.670. The lowest BCUT2D eigenvalue weighted by Crippen LogP contribution is -2.38. The van der Waals surface area contributed by atoms with Crippen molar-refractivity contribution in [2.24, 2.45) is 5.92 Å². The molecule has 2 rings (SSSR count). The smallest absolute Gasteiger partial charge is 0.230 e. The van der Waals surface area contributed by atoms with E-state index in [0.29, 0.717) is 11.8 Å². The lowest BCUT2D eigenvalue weighted by Gasteiger charge is -2.27. The summed E-state index contributed by atoms with van der Waals surface area (Å²) in [4.78, 5) is 11.9. The summed E-state index contributed by atoms with van der Waals surface area (Å²) >= 11 is 7.50. The molecule has 0 aromatic heterocycles. The largest absolute Gasteiger partial charge is 0.353 e. The summed E-state index contributed by atoms with van der Waals surface area (Å²) in [5.41, 5.74) is 1.21. The van der Waals surface area contributed by atoms with Crippen molar-refractivity contribution in [2.75, 3.05) is 5.75 Å². The minimum Gasteiger partial charge on any atom is -0.353 e. The molecular weight excluding hydrogens is 290 g/mol. The molecule has 1 aromatic rings. The van der Waals surface area contributed by atoms with Gasteiger partial charge in [-0.25, -0.2) is 0 Å². The van der Waals surface area contributed by atoms with E-state index in [-0.39, 0.29) is 5.91 Å². The second-order valence-electron chi connectivity index (χ2n) is 5.66. The van der Waals surface area contributed by atoms with Crippen LogP contribution in [0.3, 0.4) is 0 Å². The normalized spacial score (nSPS) is 22.5. The van der Waals surface area contributed by atoms with E-state index in [1.807, 2.05) is 24.3 Å². The average Bonchev–Trinajstić information content (AvgIpc) is 2.41. The van der Waals surface area contributed by atoms with E-state index >= 15 is 0 Å². The van der Waals surface area contributed by atoms with Crippen molar-refractivity contribution in [3.8, 4) is 0 Å². The Balaban J connectivity index is 1.66. The first-order valence-electron chi connectivity index (χ1n) is 7.25. The van der Waals surface area contributed by atoms with Crippen LogP contribution in [0.4, 0.5) is 0 Å². The monoisotopic (exact) mass is 311 g/mol. The molecule has 1 aliphatic carbocycles. The van der Waals surface area contributed by atoms with Gasteiger partial charge in [-0.15, -0.1) is 11.8 Å². The second kappa shape index (κ2) is 7.94. The summed E-state index contributed by atoms with van der Waals surface area (Å²) in [5.74, 6) is 2.30. The molecular formula is C16H22ClNOS. The fourth-order valence-electron chi connectivity index (χ4n) is 2.68. The van der Waals surface area contributed by atoms with Crippen LogP contribution >= 0.6 is 23.4 Å². The van der Waals surface area contributed by atoms with Gasteiger partial charge in [-0.2, -0.15) is 0 Å². The summed E-state index contributed by atoms with van der Waals surface area (Å²) in [6.45, 7) is 2.27. The SMILES string of the molecule is CC1CCCC(NC(=O)CSCc2ccc(Cl)cc2)C1. The first-order valence-corrected chi connectivity index (χ1v) is 8.78. The third-order valence-corrected chi connectivity index (χ3v) is 4.97. The average molecular weight is 312 g/mol. The zero-order valence-electron chi connectivity index (χ0n) is 11.9. The summed E-state index contributed by atoms with van der Waals surface area (Å²) in [7, 11) is 0. The van der Waals surface area contributed by atoms with Crippen molar-refractivity contribution in [3.05, 3.63) is 34.9 Å². The fourth-order valence-corrected chi connectivity index (χ4v) is 3.60. The summed E-state index contributed by atoms with van der Waals surface area (Å²) in [6.07, 6.45) is 4.81. The maximum absolute atomic E-state index is 11.9. The number of benzene rings is 1. The van der Waals surface area contributed by atoms with Crippen LogP contribution in [0.5, 0.6) is 0 Å². The molecule has 0 aliphatic heterocycles. The molecule has 0 saturated heterocycles. The maximum atomic E-state index is 11.9. The Morgan fingerprint density at radius 2 is 2.10 bits per heavy atom. The van der Waals surface area contributed by atoms with Crippen LogP contribution in [0, 0.1) is 5.92 Å². The third-order valence-electron chi connectivity index (χ3n) is 3.72. The van der Waals surface area contributed by atoms with Gasteiger partial charge in [0.25, 0.3) is 0 Å². The number of thioether (sulfide) groups is 1. The molecule has 0 radical (unpaired) electrons. The summed E-state index contributed by atoms with van der Waals surface area (Å²) in [6, 6.07) is 8.19. The lowest BCUT2D eigenvalue weighted by atomic mass is 9.87. The molecule has 1 aliphatic rings. The molecule has 110 valence electrons. The number of carbonyl (C=O) groups is 1. The summed E-state index contributed by atoms with van der Waals surface area (Å²) < 4.78 is 0. The number of carbonyl (C=O) groups excluding carboxylic acids is 1. The highest BCUT2D eigenvalue weighted by Crippen LogP contribution is 2.23. The second-order valence-corrected chi connectivity index (χ2v) is 7.08. The molecule has 2 unspecified atom stereocenters. The molecule has 0 bridgehead atoms. The first kappa shape index (κ1) is 15.7. The van der Waals surface area contributed by atoms with Crippen molar-refractivity contribution in [1.82, 2.24) is 5.32 Å². The molecule has 4 heteroatoms. The predicted molar refractivity (Wildman–Crippen MR) is 87.2 cm³/mol. The topological polar surface area (TPSA) is 29.1 Å². The van der Waals surface area contributed by atoms with Crippen LogP contribution in [0.1, 0.15) is 38.2 Å². The van der Waals surface area contributed by atoms with Gasteiger partial charge in [0, 0.05) is 16.8 Å². The van der Waals surface area contributed by atoms with Crippen molar-refractivity contribution in [3.63, 3.8) is 0 Å². The van der Waals surface area contributed by atoms with Crippen LogP contribution in [0.25, 0.3) is 0 Å². The van der Waals surface area contributed by atoms with Gasteiger partial charge in [0.15, 0.2) is 0 Å². The highest BCUT2D eigenvalue weighted by molar-refractivity contribution is 7.99. The molecule has 1 fully saturated rings. The van der Waals surface area contributed by atoms with E-state index in [0.717, 1.165) is 29.5 Å². The zero-order valence-corrected chi connectivity index (χ0v) is 13.5. The molecule has 20 heavy (non-hydrogen) atoms. The van der Waals surface area contributed by atoms with E-state index in [1.54, 1.807) is 11.8 Å². The van der Waals surface area contributed by atoms with E-state index in [2.05, 4.69) is 12.2 Å². The van der Waals surface area contributed by atoms with Crippen LogP contribution in [0.15, 0.2) is 24.3 Å². The number of hydrogen-bond donors (Lipinski definition) is 1. The molecule has 1 saturated carbocycles. The lowest BCUT2D eigenvalue weighted by molar-refractivity contribution is -0.119. The van der Waals surface area contributed by atoms with E-state index < -0.39 is 0 Å². The van der Waals surface area contributed by atoms with E-state index in [1.165, 1.54) is 18.4 Å². The number of nitrogens with one attached hydrogen (secondary N) is 1. The van der Waals surface area contributed by atoms with Crippen molar-refractivity contribution in [2.45, 2.75) is 44.4 Å². The number of rotatable bonds is 5. The van der Waals surface area contributed by atoms with Gasteiger partial charge >= 0.3 is 0 Å². The maximum Gasteiger partial charge on any atom is 0.230 e. The van der Waals surface area contributed by atoms with Gasteiger partial charge in [-0.3, -0.25) is 4.79 Å². The number of halogens is 1. The van der Waals surface area contributed by atoms with Crippen LogP contribution < -0.4 is 5.32 Å². The highest BCUT2D eigenvalue weighted by atomic mass is 35.5. The van der Waals surface area contributed by atoms with E-state index in [9.17, 15) is 4.79 Å². The van der Waals surface area contributed by atoms with Gasteiger partial charge in [0.05, 0.1) is 5.75 Å². The Morgan fingerprint density at radius 1 is 1.35 bits per heavy atom. The standard InChI is InChI=1S/C16H22ClNOS/c1-12-3-2-4-15(9-12)18-16(19)11-20-10-13-5-7-14(17)8-6-13/h5-8,12,15H,2-4,9-11H2,1H3,(H,18,19). The van der Waals surface area contributed by atoms with Crippen molar-refractivity contribution >= 4 is 29.3 Å². The van der Waals surface area contributed by atoms with Crippen LogP contribution in [-0.4, -0.2) is 17.7 Å². The Morgan fingerprint density at radius 3 is 2.80 bits per heavy atom. The van der Waals surface area contributed by atoms with Gasteiger partial charge in [0.2, 0.25) is 5.91 Å². The Labute approximate surface area is 130 Å².